The van der Waals surface area contributed by atoms with E-state index in [0.29, 0.717) is 0 Å². The van der Waals surface area contributed by atoms with Crippen LogP contribution in [0.1, 0.15) is 11.3 Å². The van der Waals surface area contributed by atoms with E-state index in [4.69, 9.17) is 6.42 Å². The highest BCUT2D eigenvalue weighted by molar-refractivity contribution is 8.03. The van der Waals surface area contributed by atoms with Gasteiger partial charge in [-0.1, -0.05) is 0 Å². The lowest BCUT2D eigenvalue weighted by Gasteiger charge is -2.00. The number of aryl methyl sites for hydroxylation is 1. The van der Waals surface area contributed by atoms with Crippen LogP contribution in [0.25, 0.3) is 0 Å². The van der Waals surface area contributed by atoms with E-state index in [0.717, 1.165) is 16.3 Å². The second-order valence-electron chi connectivity index (χ2n) is 2.11. The second-order valence-corrected chi connectivity index (χ2v) is 2.94. The van der Waals surface area contributed by atoms with Crippen molar-refractivity contribution in [1.82, 2.24) is 9.97 Å². The molecule has 1 aromatic rings. The summed E-state index contributed by atoms with van der Waals surface area (Å²) in [5, 5.41) is 3.35. The van der Waals surface area contributed by atoms with Gasteiger partial charge in [0, 0.05) is 11.3 Å². The zero-order chi connectivity index (χ0) is 8.27. The highest BCUT2D eigenvalue weighted by atomic mass is 32.2. The molecule has 0 amide bonds. The molecule has 0 saturated carbocycles. The van der Waals surface area contributed by atoms with E-state index in [1.165, 1.54) is 18.1 Å². The highest BCUT2D eigenvalue weighted by Crippen LogP contribution is 2.18. The van der Waals surface area contributed by atoms with Crippen molar-refractivity contribution in [2.75, 3.05) is 0 Å². The highest BCUT2D eigenvalue weighted by Gasteiger charge is 2.01. The van der Waals surface area contributed by atoms with E-state index in [2.05, 4.69) is 15.2 Å². The van der Waals surface area contributed by atoms with Crippen molar-refractivity contribution < 1.29 is 0 Å². The Bertz CT molecular complexity index is 301. The number of rotatable bonds is 1. The monoisotopic (exact) mass is 164 g/mol. The Morgan fingerprint density at radius 1 is 1.45 bits per heavy atom. The van der Waals surface area contributed by atoms with Gasteiger partial charge in [0.15, 0.2) is 0 Å². The molecule has 0 aliphatic heterocycles. The zero-order valence-corrected chi connectivity index (χ0v) is 7.27. The SMILES string of the molecule is C#CSc1ncnc(C)c1C. The van der Waals surface area contributed by atoms with Crippen LogP contribution in [0.3, 0.4) is 0 Å². The Balaban J connectivity index is 3.08. The van der Waals surface area contributed by atoms with Crippen molar-refractivity contribution in [3.8, 4) is 11.7 Å². The summed E-state index contributed by atoms with van der Waals surface area (Å²) in [6.07, 6.45) is 6.66. The van der Waals surface area contributed by atoms with E-state index in [-0.39, 0.29) is 0 Å². The minimum atomic E-state index is 0.875. The van der Waals surface area contributed by atoms with Gasteiger partial charge in [-0.15, -0.1) is 6.42 Å². The largest absolute Gasteiger partial charge is 0.241 e. The van der Waals surface area contributed by atoms with Gasteiger partial charge in [-0.05, 0) is 30.9 Å². The summed E-state index contributed by atoms with van der Waals surface area (Å²) in [7, 11) is 0. The maximum absolute atomic E-state index is 5.13. The molecule has 0 saturated heterocycles. The van der Waals surface area contributed by atoms with Gasteiger partial charge in [-0.25, -0.2) is 9.97 Å². The van der Waals surface area contributed by atoms with Crippen molar-refractivity contribution in [2.24, 2.45) is 0 Å². The Kier molecular flexibility index (Phi) is 2.50. The van der Waals surface area contributed by atoms with Crippen molar-refractivity contribution in [3.63, 3.8) is 0 Å². The summed E-state index contributed by atoms with van der Waals surface area (Å²) in [6, 6.07) is 0. The third-order valence-electron chi connectivity index (χ3n) is 1.45. The zero-order valence-electron chi connectivity index (χ0n) is 6.46. The van der Waals surface area contributed by atoms with Crippen molar-refractivity contribution in [3.05, 3.63) is 17.6 Å². The van der Waals surface area contributed by atoms with Crippen LogP contribution in [0.15, 0.2) is 11.4 Å². The van der Waals surface area contributed by atoms with Gasteiger partial charge in [-0.2, -0.15) is 0 Å². The summed E-state index contributed by atoms with van der Waals surface area (Å²) >= 11 is 1.29. The fourth-order valence-corrected chi connectivity index (χ4v) is 1.19. The number of thioether (sulfide) groups is 1. The van der Waals surface area contributed by atoms with Gasteiger partial charge in [-0.3, -0.25) is 0 Å². The van der Waals surface area contributed by atoms with Crippen LogP contribution in [-0.4, -0.2) is 9.97 Å². The molecular weight excluding hydrogens is 156 g/mol. The van der Waals surface area contributed by atoms with Crippen LogP contribution in [0.4, 0.5) is 0 Å². The lowest BCUT2D eigenvalue weighted by molar-refractivity contribution is 0.965. The molecule has 0 atom stereocenters. The third-order valence-corrected chi connectivity index (χ3v) is 2.17. The van der Waals surface area contributed by atoms with E-state index in [9.17, 15) is 0 Å². The normalized spacial score (nSPS) is 9.18. The fourth-order valence-electron chi connectivity index (χ4n) is 0.675. The average Bonchev–Trinajstić information content (AvgIpc) is 1.99. The third kappa shape index (κ3) is 1.72. The molecule has 1 rings (SSSR count). The summed E-state index contributed by atoms with van der Waals surface area (Å²) < 4.78 is 0. The van der Waals surface area contributed by atoms with E-state index in [1.807, 2.05) is 13.8 Å². The van der Waals surface area contributed by atoms with Crippen LogP contribution in [-0.2, 0) is 0 Å². The smallest absolute Gasteiger partial charge is 0.117 e. The van der Waals surface area contributed by atoms with Crippen LogP contribution in [0, 0.1) is 25.5 Å². The number of hydrogen-bond donors (Lipinski definition) is 0. The first-order valence-electron chi connectivity index (χ1n) is 3.16. The topological polar surface area (TPSA) is 25.8 Å². The predicted octanol–water partition coefficient (Wildman–Crippen LogP) is 1.78. The Morgan fingerprint density at radius 2 is 2.18 bits per heavy atom. The molecule has 1 heterocycles. The molecule has 0 aliphatic rings. The maximum Gasteiger partial charge on any atom is 0.117 e. The summed E-state index contributed by atoms with van der Waals surface area (Å²) in [5.41, 5.74) is 2.05. The molecule has 0 bridgehead atoms. The summed E-state index contributed by atoms with van der Waals surface area (Å²) in [6.45, 7) is 3.91. The van der Waals surface area contributed by atoms with Gasteiger partial charge in [0.25, 0.3) is 0 Å². The lowest BCUT2D eigenvalue weighted by Crippen LogP contribution is -1.91. The lowest BCUT2D eigenvalue weighted by atomic mass is 10.3. The first-order chi connectivity index (χ1) is 5.25. The predicted molar refractivity (Wildman–Crippen MR) is 46.2 cm³/mol. The summed E-state index contributed by atoms with van der Waals surface area (Å²) in [5.74, 6) is 0. The summed E-state index contributed by atoms with van der Waals surface area (Å²) in [4.78, 5) is 8.07. The molecule has 2 nitrogen and oxygen atoms in total. The molecular formula is C8H8N2S. The van der Waals surface area contributed by atoms with Crippen molar-refractivity contribution in [1.29, 1.82) is 0 Å². The molecule has 0 radical (unpaired) electrons. The minimum absolute atomic E-state index is 0.875. The Labute approximate surface area is 70.5 Å². The van der Waals surface area contributed by atoms with Gasteiger partial charge in [0.1, 0.15) is 11.4 Å². The van der Waals surface area contributed by atoms with E-state index >= 15 is 0 Å². The molecule has 1 aromatic heterocycles. The molecule has 3 heteroatoms. The standard InChI is InChI=1S/C8H8N2S/c1-4-11-8-6(2)7(3)9-5-10-8/h1,5H,2-3H3. The minimum Gasteiger partial charge on any atom is -0.241 e. The van der Waals surface area contributed by atoms with Gasteiger partial charge in [0.2, 0.25) is 0 Å². The molecule has 0 aliphatic carbocycles. The Hall–Kier alpha value is -1.01. The molecule has 11 heavy (non-hydrogen) atoms. The maximum atomic E-state index is 5.13. The molecule has 0 fully saturated rings. The average molecular weight is 164 g/mol. The van der Waals surface area contributed by atoms with Gasteiger partial charge < -0.3 is 0 Å². The molecule has 0 aromatic carbocycles. The van der Waals surface area contributed by atoms with Crippen LogP contribution in [0.5, 0.6) is 0 Å². The number of aromatic nitrogens is 2. The number of hydrogen-bond acceptors (Lipinski definition) is 3. The first kappa shape index (κ1) is 8.09. The Morgan fingerprint density at radius 3 is 2.82 bits per heavy atom. The van der Waals surface area contributed by atoms with E-state index < -0.39 is 0 Å². The van der Waals surface area contributed by atoms with Crippen LogP contribution < -0.4 is 0 Å². The first-order valence-corrected chi connectivity index (χ1v) is 3.98. The molecule has 56 valence electrons. The van der Waals surface area contributed by atoms with Crippen molar-refractivity contribution in [2.45, 2.75) is 18.9 Å². The second kappa shape index (κ2) is 3.40. The molecule has 0 N–H and O–H groups in total. The number of terminal acetylenes is 1. The quantitative estimate of drug-likeness (QED) is 0.359. The van der Waals surface area contributed by atoms with Gasteiger partial charge in [0.05, 0.1) is 0 Å². The van der Waals surface area contributed by atoms with E-state index in [1.54, 1.807) is 0 Å². The molecule has 0 spiro atoms. The fraction of sp³-hybridized carbons (Fsp3) is 0.250. The van der Waals surface area contributed by atoms with Crippen LogP contribution in [0.2, 0.25) is 0 Å². The van der Waals surface area contributed by atoms with Crippen LogP contribution >= 0.6 is 11.8 Å². The van der Waals surface area contributed by atoms with Crippen molar-refractivity contribution >= 4 is 11.8 Å². The van der Waals surface area contributed by atoms with Gasteiger partial charge >= 0.3 is 0 Å². The molecule has 0 unspecified atom stereocenters. The number of nitrogens with zero attached hydrogens (tertiary/aromatic N) is 2.